The van der Waals surface area contributed by atoms with Crippen molar-refractivity contribution < 1.29 is 0 Å². The van der Waals surface area contributed by atoms with Gasteiger partial charge < -0.3 is 11.1 Å². The Kier molecular flexibility index (Phi) is 4.46. The Morgan fingerprint density at radius 2 is 2.16 bits per heavy atom. The first-order chi connectivity index (χ1) is 9.13. The Balaban J connectivity index is 1.84. The highest BCUT2D eigenvalue weighted by molar-refractivity contribution is 6.29. The third-order valence-corrected chi connectivity index (χ3v) is 2.84. The van der Waals surface area contributed by atoms with Crippen LogP contribution in [0.15, 0.2) is 24.7 Å². The molecule has 0 bridgehead atoms. The number of nitrogens with zero attached hydrogens (tertiary/aromatic N) is 4. The lowest BCUT2D eigenvalue weighted by atomic mass is 10.1. The number of rotatable bonds is 5. The van der Waals surface area contributed by atoms with E-state index in [-0.39, 0.29) is 12.0 Å². The molecular formula is C12H15ClN6. The molecule has 0 saturated carbocycles. The topological polar surface area (TPSA) is 89.6 Å². The molecule has 0 spiro atoms. The van der Waals surface area contributed by atoms with Gasteiger partial charge in [0.2, 0.25) is 11.9 Å². The Labute approximate surface area is 116 Å². The van der Waals surface area contributed by atoms with Crippen LogP contribution < -0.4 is 11.1 Å². The van der Waals surface area contributed by atoms with Crippen LogP contribution in [0.1, 0.15) is 18.9 Å². The highest BCUT2D eigenvalue weighted by Crippen LogP contribution is 2.10. The number of hydrogen-bond donors (Lipinski definition) is 2. The van der Waals surface area contributed by atoms with E-state index in [4.69, 9.17) is 17.3 Å². The summed E-state index contributed by atoms with van der Waals surface area (Å²) in [5.41, 5.74) is 6.64. The van der Waals surface area contributed by atoms with Crippen LogP contribution in [0.5, 0.6) is 0 Å². The normalized spacial score (nSPS) is 12.1. The van der Waals surface area contributed by atoms with Gasteiger partial charge in [0.15, 0.2) is 0 Å². The number of anilines is 2. The van der Waals surface area contributed by atoms with Crippen molar-refractivity contribution in [3.63, 3.8) is 0 Å². The van der Waals surface area contributed by atoms with Gasteiger partial charge in [-0.1, -0.05) is 17.7 Å². The maximum Gasteiger partial charge on any atom is 0.227 e. The van der Waals surface area contributed by atoms with Gasteiger partial charge in [-0.3, -0.25) is 0 Å². The second kappa shape index (κ2) is 6.29. The predicted octanol–water partition coefficient (Wildman–Crippen LogP) is 1.94. The molecule has 0 aliphatic heterocycles. The van der Waals surface area contributed by atoms with Gasteiger partial charge in [0.1, 0.15) is 11.5 Å². The summed E-state index contributed by atoms with van der Waals surface area (Å²) in [7, 11) is 0. The molecule has 2 rings (SSSR count). The second-order valence-electron chi connectivity index (χ2n) is 4.24. The molecule has 3 N–H and O–H groups in total. The quantitative estimate of drug-likeness (QED) is 0.813. The molecule has 0 saturated heterocycles. The monoisotopic (exact) mass is 278 g/mol. The average Bonchev–Trinajstić information content (AvgIpc) is 2.38. The summed E-state index contributed by atoms with van der Waals surface area (Å²) in [6.45, 7) is 2.06. The zero-order valence-corrected chi connectivity index (χ0v) is 11.3. The first-order valence-electron chi connectivity index (χ1n) is 5.95. The van der Waals surface area contributed by atoms with E-state index < -0.39 is 0 Å². The van der Waals surface area contributed by atoms with E-state index in [0.29, 0.717) is 11.1 Å². The summed E-state index contributed by atoms with van der Waals surface area (Å²) < 4.78 is 0. The van der Waals surface area contributed by atoms with Gasteiger partial charge >= 0.3 is 0 Å². The van der Waals surface area contributed by atoms with Crippen molar-refractivity contribution >= 4 is 23.5 Å². The van der Waals surface area contributed by atoms with Crippen molar-refractivity contribution in [2.45, 2.75) is 25.8 Å². The minimum Gasteiger partial charge on any atom is -0.368 e. The van der Waals surface area contributed by atoms with Gasteiger partial charge in [-0.25, -0.2) is 15.0 Å². The fourth-order valence-electron chi connectivity index (χ4n) is 1.61. The van der Waals surface area contributed by atoms with Gasteiger partial charge in [-0.15, -0.1) is 0 Å². The minimum atomic E-state index is 0.214. The first-order valence-corrected chi connectivity index (χ1v) is 6.33. The Hall–Kier alpha value is -1.95. The van der Waals surface area contributed by atoms with Gasteiger partial charge in [0.25, 0.3) is 0 Å². The van der Waals surface area contributed by atoms with Crippen molar-refractivity contribution in [1.29, 1.82) is 0 Å². The van der Waals surface area contributed by atoms with Gasteiger partial charge in [0, 0.05) is 12.2 Å². The summed E-state index contributed by atoms with van der Waals surface area (Å²) in [6, 6.07) is 3.99. The van der Waals surface area contributed by atoms with Crippen molar-refractivity contribution in [2.24, 2.45) is 0 Å². The lowest BCUT2D eigenvalue weighted by Crippen LogP contribution is -2.18. The molecular weight excluding hydrogens is 264 g/mol. The Morgan fingerprint density at radius 1 is 1.32 bits per heavy atom. The van der Waals surface area contributed by atoms with E-state index in [0.717, 1.165) is 18.4 Å². The summed E-state index contributed by atoms with van der Waals surface area (Å²) in [5, 5.41) is 3.69. The van der Waals surface area contributed by atoms with Gasteiger partial charge in [-0.05, 0) is 31.4 Å². The number of nitrogen functional groups attached to an aromatic ring is 1. The summed E-state index contributed by atoms with van der Waals surface area (Å²) in [6.07, 6.45) is 5.00. The molecule has 2 aromatic heterocycles. The smallest absolute Gasteiger partial charge is 0.227 e. The van der Waals surface area contributed by atoms with Crippen LogP contribution in [0, 0.1) is 0 Å². The molecule has 2 aromatic rings. The fraction of sp³-hybridized carbons (Fsp3) is 0.333. The maximum atomic E-state index is 5.74. The van der Waals surface area contributed by atoms with Crippen LogP contribution in [0.4, 0.5) is 11.9 Å². The molecule has 19 heavy (non-hydrogen) atoms. The lowest BCUT2D eigenvalue weighted by Gasteiger charge is -2.13. The molecule has 1 unspecified atom stereocenters. The van der Waals surface area contributed by atoms with Crippen LogP contribution >= 0.6 is 11.6 Å². The number of hydrogen-bond acceptors (Lipinski definition) is 6. The highest BCUT2D eigenvalue weighted by atomic mass is 35.5. The largest absolute Gasteiger partial charge is 0.368 e. The van der Waals surface area contributed by atoms with Gasteiger partial charge in [0.05, 0.1) is 0 Å². The third kappa shape index (κ3) is 4.33. The summed E-state index contributed by atoms with van der Waals surface area (Å²) in [4.78, 5) is 15.8. The average molecular weight is 279 g/mol. The first kappa shape index (κ1) is 13.5. The second-order valence-corrected chi connectivity index (χ2v) is 4.63. The number of pyridine rings is 1. The molecule has 6 nitrogen and oxygen atoms in total. The van der Waals surface area contributed by atoms with Crippen molar-refractivity contribution in [3.05, 3.63) is 35.4 Å². The number of aromatic nitrogens is 4. The molecule has 0 fully saturated rings. The zero-order valence-electron chi connectivity index (χ0n) is 10.5. The summed E-state index contributed by atoms with van der Waals surface area (Å²) in [5.74, 6) is 0.709. The molecule has 100 valence electrons. The standard InChI is InChI=1S/C12H15ClN6/c1-8(18-12-17-7-16-11(14)19-12)2-3-9-4-5-10(13)15-6-9/h4-8H,2-3H2,1H3,(H3,14,16,17,18,19). The molecule has 7 heteroatoms. The van der Waals surface area contributed by atoms with Crippen molar-refractivity contribution in [2.75, 3.05) is 11.1 Å². The molecule has 2 heterocycles. The number of halogens is 1. The van der Waals surface area contributed by atoms with Crippen LogP contribution in [0.2, 0.25) is 5.15 Å². The fourth-order valence-corrected chi connectivity index (χ4v) is 1.72. The molecule has 0 radical (unpaired) electrons. The van der Waals surface area contributed by atoms with E-state index in [1.54, 1.807) is 12.3 Å². The Morgan fingerprint density at radius 3 is 2.84 bits per heavy atom. The molecule has 0 amide bonds. The van der Waals surface area contributed by atoms with Crippen LogP contribution in [0.3, 0.4) is 0 Å². The third-order valence-electron chi connectivity index (χ3n) is 2.62. The van der Waals surface area contributed by atoms with E-state index in [2.05, 4.69) is 32.2 Å². The highest BCUT2D eigenvalue weighted by Gasteiger charge is 2.05. The molecule has 0 aliphatic carbocycles. The van der Waals surface area contributed by atoms with E-state index in [1.165, 1.54) is 6.33 Å². The zero-order chi connectivity index (χ0) is 13.7. The molecule has 1 atom stereocenters. The maximum absolute atomic E-state index is 5.74. The van der Waals surface area contributed by atoms with Crippen molar-refractivity contribution in [3.8, 4) is 0 Å². The number of aryl methyl sites for hydroxylation is 1. The van der Waals surface area contributed by atoms with E-state index >= 15 is 0 Å². The van der Waals surface area contributed by atoms with Crippen molar-refractivity contribution in [1.82, 2.24) is 19.9 Å². The summed E-state index contributed by atoms with van der Waals surface area (Å²) >= 11 is 5.74. The SMILES string of the molecule is CC(CCc1ccc(Cl)nc1)Nc1ncnc(N)n1. The molecule has 0 aliphatic rings. The minimum absolute atomic E-state index is 0.214. The van der Waals surface area contributed by atoms with Crippen LogP contribution in [-0.2, 0) is 6.42 Å². The lowest BCUT2D eigenvalue weighted by molar-refractivity contribution is 0.696. The molecule has 0 aromatic carbocycles. The van der Waals surface area contributed by atoms with Gasteiger partial charge in [-0.2, -0.15) is 4.98 Å². The van der Waals surface area contributed by atoms with Crippen LogP contribution in [0.25, 0.3) is 0 Å². The Bertz CT molecular complexity index is 530. The number of nitrogens with two attached hydrogens (primary N) is 1. The predicted molar refractivity (Wildman–Crippen MR) is 74.9 cm³/mol. The van der Waals surface area contributed by atoms with E-state index in [1.807, 2.05) is 6.07 Å². The van der Waals surface area contributed by atoms with Crippen LogP contribution in [-0.4, -0.2) is 26.0 Å². The van der Waals surface area contributed by atoms with E-state index in [9.17, 15) is 0 Å². The number of nitrogens with one attached hydrogen (secondary N) is 1.